The molecule has 0 unspecified atom stereocenters. The van der Waals surface area contributed by atoms with Gasteiger partial charge in [0.15, 0.2) is 0 Å². The third kappa shape index (κ3) is 3.64. The third-order valence-corrected chi connectivity index (χ3v) is 2.80. The van der Waals surface area contributed by atoms with Gasteiger partial charge in [-0.05, 0) is 29.3 Å². The third-order valence-electron chi connectivity index (χ3n) is 2.80. The van der Waals surface area contributed by atoms with Crippen molar-refractivity contribution in [3.05, 3.63) is 53.9 Å². The second kappa shape index (κ2) is 5.74. The van der Waals surface area contributed by atoms with Gasteiger partial charge >= 0.3 is 0 Å². The second-order valence-corrected chi connectivity index (χ2v) is 4.90. The fourth-order valence-corrected chi connectivity index (χ4v) is 1.88. The van der Waals surface area contributed by atoms with Crippen molar-refractivity contribution < 1.29 is 5.11 Å². The highest BCUT2D eigenvalue weighted by atomic mass is 16.3. The van der Waals surface area contributed by atoms with Crippen molar-refractivity contribution in [3.8, 4) is 5.75 Å². The number of hydrogen-bond donors (Lipinski definition) is 2. The number of aromatic nitrogens is 1. The van der Waals surface area contributed by atoms with Gasteiger partial charge in [-0.2, -0.15) is 0 Å². The predicted octanol–water partition coefficient (Wildman–Crippen LogP) is 2.74. The van der Waals surface area contributed by atoms with Crippen LogP contribution in [-0.2, 0) is 13.1 Å². The molecule has 3 nitrogen and oxygen atoms in total. The standard InChI is InChI=1S/C15H20N2O/c1-12(2)16-9-14-6-7-17(11-14)10-13-4-3-5-15(18)8-13/h3-8,11-12,16,18H,9-10H2,1-2H3. The van der Waals surface area contributed by atoms with Crippen molar-refractivity contribution in [2.45, 2.75) is 33.0 Å². The van der Waals surface area contributed by atoms with Crippen LogP contribution in [0.15, 0.2) is 42.7 Å². The summed E-state index contributed by atoms with van der Waals surface area (Å²) in [4.78, 5) is 0. The Hall–Kier alpha value is -1.74. The van der Waals surface area contributed by atoms with Crippen LogP contribution in [0.25, 0.3) is 0 Å². The first-order chi connectivity index (χ1) is 8.63. The number of benzene rings is 1. The van der Waals surface area contributed by atoms with Crippen LogP contribution < -0.4 is 5.32 Å². The summed E-state index contributed by atoms with van der Waals surface area (Å²) in [6, 6.07) is 10.0. The van der Waals surface area contributed by atoms with Gasteiger partial charge in [0.05, 0.1) is 0 Å². The number of nitrogens with one attached hydrogen (secondary N) is 1. The number of nitrogens with zero attached hydrogens (tertiary/aromatic N) is 1. The van der Waals surface area contributed by atoms with E-state index in [1.807, 2.05) is 12.1 Å². The lowest BCUT2D eigenvalue weighted by atomic mass is 10.2. The molecule has 3 heteroatoms. The Morgan fingerprint density at radius 3 is 2.78 bits per heavy atom. The van der Waals surface area contributed by atoms with Crippen LogP contribution in [0.4, 0.5) is 0 Å². The Morgan fingerprint density at radius 2 is 2.06 bits per heavy atom. The second-order valence-electron chi connectivity index (χ2n) is 4.90. The molecular formula is C15H20N2O. The Labute approximate surface area is 108 Å². The van der Waals surface area contributed by atoms with Crippen LogP contribution in [0, 0.1) is 0 Å². The number of rotatable bonds is 5. The van der Waals surface area contributed by atoms with Crippen LogP contribution in [0.2, 0.25) is 0 Å². The van der Waals surface area contributed by atoms with Gasteiger partial charge in [0.2, 0.25) is 0 Å². The number of hydrogen-bond acceptors (Lipinski definition) is 2. The van der Waals surface area contributed by atoms with Gasteiger partial charge in [-0.15, -0.1) is 0 Å². The highest BCUT2D eigenvalue weighted by Gasteiger charge is 2.00. The highest BCUT2D eigenvalue weighted by molar-refractivity contribution is 5.27. The van der Waals surface area contributed by atoms with Gasteiger partial charge in [0, 0.05) is 31.5 Å². The molecule has 0 bridgehead atoms. The van der Waals surface area contributed by atoms with E-state index in [0.717, 1.165) is 18.7 Å². The molecule has 0 amide bonds. The van der Waals surface area contributed by atoms with E-state index >= 15 is 0 Å². The van der Waals surface area contributed by atoms with Crippen molar-refractivity contribution in [2.24, 2.45) is 0 Å². The van der Waals surface area contributed by atoms with Crippen LogP contribution in [0.3, 0.4) is 0 Å². The fourth-order valence-electron chi connectivity index (χ4n) is 1.88. The summed E-state index contributed by atoms with van der Waals surface area (Å²) in [5.41, 5.74) is 2.39. The zero-order valence-electron chi connectivity index (χ0n) is 10.9. The molecule has 1 aromatic carbocycles. The molecule has 0 saturated carbocycles. The van der Waals surface area contributed by atoms with Gasteiger partial charge in [0.25, 0.3) is 0 Å². The molecule has 2 aromatic rings. The number of phenolic OH excluding ortho intramolecular Hbond substituents is 1. The summed E-state index contributed by atoms with van der Waals surface area (Å²) >= 11 is 0. The van der Waals surface area contributed by atoms with Gasteiger partial charge in [-0.1, -0.05) is 26.0 Å². The van der Waals surface area contributed by atoms with E-state index in [0.29, 0.717) is 11.8 Å². The summed E-state index contributed by atoms with van der Waals surface area (Å²) in [6.45, 7) is 5.97. The molecule has 96 valence electrons. The normalized spacial score (nSPS) is 11.1. The van der Waals surface area contributed by atoms with Crippen molar-refractivity contribution in [2.75, 3.05) is 0 Å². The van der Waals surface area contributed by atoms with Gasteiger partial charge < -0.3 is 15.0 Å². The minimum absolute atomic E-state index is 0.321. The largest absolute Gasteiger partial charge is 0.508 e. The molecule has 0 radical (unpaired) electrons. The van der Waals surface area contributed by atoms with E-state index in [2.05, 4.69) is 42.2 Å². The molecule has 18 heavy (non-hydrogen) atoms. The molecular weight excluding hydrogens is 224 g/mol. The van der Waals surface area contributed by atoms with E-state index in [1.54, 1.807) is 12.1 Å². The summed E-state index contributed by atoms with van der Waals surface area (Å²) < 4.78 is 2.13. The Morgan fingerprint density at radius 1 is 1.22 bits per heavy atom. The van der Waals surface area contributed by atoms with E-state index in [1.165, 1.54) is 5.56 Å². The summed E-state index contributed by atoms with van der Waals surface area (Å²) in [6.07, 6.45) is 4.21. The summed E-state index contributed by atoms with van der Waals surface area (Å²) in [5, 5.41) is 12.8. The van der Waals surface area contributed by atoms with Crippen molar-refractivity contribution >= 4 is 0 Å². The quantitative estimate of drug-likeness (QED) is 0.848. The first kappa shape index (κ1) is 12.7. The first-order valence-corrected chi connectivity index (χ1v) is 6.29. The first-order valence-electron chi connectivity index (χ1n) is 6.29. The topological polar surface area (TPSA) is 37.2 Å². The monoisotopic (exact) mass is 244 g/mol. The van der Waals surface area contributed by atoms with Crippen molar-refractivity contribution in [1.82, 2.24) is 9.88 Å². The molecule has 2 rings (SSSR count). The minimum Gasteiger partial charge on any atom is -0.508 e. The SMILES string of the molecule is CC(C)NCc1ccn(Cc2cccc(O)c2)c1. The average Bonchev–Trinajstić information content (AvgIpc) is 2.74. The van der Waals surface area contributed by atoms with Crippen molar-refractivity contribution in [1.29, 1.82) is 0 Å². The van der Waals surface area contributed by atoms with E-state index in [4.69, 9.17) is 0 Å². The Kier molecular flexibility index (Phi) is 4.05. The lowest BCUT2D eigenvalue weighted by Crippen LogP contribution is -2.21. The maximum Gasteiger partial charge on any atom is 0.115 e. The van der Waals surface area contributed by atoms with Crippen molar-refractivity contribution in [3.63, 3.8) is 0 Å². The molecule has 0 atom stereocenters. The zero-order valence-corrected chi connectivity index (χ0v) is 10.9. The maximum absolute atomic E-state index is 9.42. The summed E-state index contributed by atoms with van der Waals surface area (Å²) in [5.74, 6) is 0.321. The van der Waals surface area contributed by atoms with Crippen LogP contribution in [-0.4, -0.2) is 15.7 Å². The molecule has 1 aromatic heterocycles. The van der Waals surface area contributed by atoms with Crippen LogP contribution in [0.5, 0.6) is 5.75 Å². The predicted molar refractivity (Wildman–Crippen MR) is 73.6 cm³/mol. The average molecular weight is 244 g/mol. The Bertz CT molecular complexity index is 503. The van der Waals surface area contributed by atoms with Gasteiger partial charge in [-0.3, -0.25) is 0 Å². The molecule has 0 aliphatic heterocycles. The molecule has 0 aliphatic rings. The molecule has 0 fully saturated rings. The molecule has 1 heterocycles. The zero-order chi connectivity index (χ0) is 13.0. The minimum atomic E-state index is 0.321. The van der Waals surface area contributed by atoms with Gasteiger partial charge in [0.1, 0.15) is 5.75 Å². The number of aromatic hydroxyl groups is 1. The van der Waals surface area contributed by atoms with Crippen LogP contribution >= 0.6 is 0 Å². The molecule has 2 N–H and O–H groups in total. The van der Waals surface area contributed by atoms with Crippen LogP contribution in [0.1, 0.15) is 25.0 Å². The maximum atomic E-state index is 9.42. The highest BCUT2D eigenvalue weighted by Crippen LogP contribution is 2.13. The Balaban J connectivity index is 1.98. The van der Waals surface area contributed by atoms with E-state index in [9.17, 15) is 5.11 Å². The molecule has 0 spiro atoms. The lowest BCUT2D eigenvalue weighted by Gasteiger charge is -2.06. The molecule has 0 saturated heterocycles. The lowest BCUT2D eigenvalue weighted by molar-refractivity contribution is 0.474. The van der Waals surface area contributed by atoms with E-state index in [-0.39, 0.29) is 0 Å². The number of phenols is 1. The van der Waals surface area contributed by atoms with Gasteiger partial charge in [-0.25, -0.2) is 0 Å². The fraction of sp³-hybridized carbons (Fsp3) is 0.333. The summed E-state index contributed by atoms with van der Waals surface area (Å²) in [7, 11) is 0. The van der Waals surface area contributed by atoms with E-state index < -0.39 is 0 Å². The molecule has 0 aliphatic carbocycles. The smallest absolute Gasteiger partial charge is 0.115 e.